The molecule has 1 atom stereocenters. The number of aromatic nitrogens is 2. The highest BCUT2D eigenvalue weighted by Crippen LogP contribution is 2.25. The number of fused-ring (bicyclic) bond motifs is 1. The molecule has 0 spiro atoms. The van der Waals surface area contributed by atoms with Gasteiger partial charge in [-0.15, -0.1) is 0 Å². The number of pyridine rings is 1. The van der Waals surface area contributed by atoms with Crippen LogP contribution in [-0.4, -0.2) is 54.6 Å². The highest BCUT2D eigenvalue weighted by atomic mass is 19.1. The van der Waals surface area contributed by atoms with Crippen LogP contribution in [0.2, 0.25) is 0 Å². The van der Waals surface area contributed by atoms with E-state index in [4.69, 9.17) is 4.74 Å². The summed E-state index contributed by atoms with van der Waals surface area (Å²) in [4.78, 5) is 21.8. The van der Waals surface area contributed by atoms with Crippen LogP contribution in [0.25, 0.3) is 16.9 Å². The van der Waals surface area contributed by atoms with Gasteiger partial charge in [0.05, 0.1) is 18.5 Å². The predicted molar refractivity (Wildman–Crippen MR) is 108 cm³/mol. The molecule has 0 amide bonds. The maximum Gasteiger partial charge on any atom is 0.258 e. The van der Waals surface area contributed by atoms with Gasteiger partial charge in [-0.25, -0.2) is 9.37 Å². The smallest absolute Gasteiger partial charge is 0.258 e. The van der Waals surface area contributed by atoms with Gasteiger partial charge in [0, 0.05) is 37.0 Å². The van der Waals surface area contributed by atoms with Gasteiger partial charge in [0.15, 0.2) is 11.6 Å². The summed E-state index contributed by atoms with van der Waals surface area (Å²) in [6.45, 7) is 1.89. The zero-order valence-electron chi connectivity index (χ0n) is 16.2. The first-order valence-electron chi connectivity index (χ1n) is 9.25. The molecule has 4 rings (SSSR count). The number of rotatable bonds is 4. The first-order chi connectivity index (χ1) is 13.5. The Balaban J connectivity index is 1.69. The minimum absolute atomic E-state index is 0.160. The van der Waals surface area contributed by atoms with Crippen LogP contribution < -0.4 is 15.2 Å². The fraction of sp³-hybridized carbons (Fsp3) is 0.333. The van der Waals surface area contributed by atoms with Crippen molar-refractivity contribution in [3.8, 4) is 17.0 Å². The van der Waals surface area contributed by atoms with Gasteiger partial charge >= 0.3 is 0 Å². The molecule has 146 valence electrons. The Morgan fingerprint density at radius 3 is 2.71 bits per heavy atom. The average Bonchev–Trinajstić information content (AvgIpc) is 3.18. The molecule has 1 saturated heterocycles. The second kappa shape index (κ2) is 7.24. The Labute approximate surface area is 162 Å². The number of methoxy groups -OCH3 is 1. The molecule has 6 nitrogen and oxygen atoms in total. The molecule has 1 aliphatic heterocycles. The van der Waals surface area contributed by atoms with E-state index in [1.54, 1.807) is 10.5 Å². The topological polar surface area (TPSA) is 50.1 Å². The minimum atomic E-state index is -0.484. The number of benzene rings is 1. The van der Waals surface area contributed by atoms with Crippen molar-refractivity contribution >= 4 is 11.3 Å². The number of ether oxygens (including phenoxy) is 1. The molecule has 1 aliphatic rings. The van der Waals surface area contributed by atoms with E-state index < -0.39 is 5.82 Å². The first kappa shape index (κ1) is 18.4. The van der Waals surface area contributed by atoms with Gasteiger partial charge in [-0.3, -0.25) is 9.20 Å². The third kappa shape index (κ3) is 3.33. The Hall–Kier alpha value is -2.93. The normalized spacial score (nSPS) is 16.9. The number of hydrogen-bond donors (Lipinski definition) is 0. The van der Waals surface area contributed by atoms with Crippen molar-refractivity contribution in [2.75, 3.05) is 39.2 Å². The SMILES string of the molecule is COc1ccc(-c2cc(=O)n3cc(N4CCC(N(C)C)C4)ccc3n2)cc1F. The summed E-state index contributed by atoms with van der Waals surface area (Å²) in [7, 11) is 5.59. The lowest BCUT2D eigenvalue weighted by Gasteiger charge is -2.22. The second-order valence-corrected chi connectivity index (χ2v) is 7.30. The molecular formula is C21H23FN4O2. The number of anilines is 1. The fourth-order valence-corrected chi connectivity index (χ4v) is 3.65. The van der Waals surface area contributed by atoms with Crippen molar-refractivity contribution in [2.24, 2.45) is 0 Å². The summed E-state index contributed by atoms with van der Waals surface area (Å²) in [6, 6.07) is 10.3. The molecule has 2 aromatic heterocycles. The van der Waals surface area contributed by atoms with E-state index >= 15 is 0 Å². The Kier molecular flexibility index (Phi) is 4.77. The van der Waals surface area contributed by atoms with Crippen LogP contribution in [0.3, 0.4) is 0 Å². The summed E-state index contributed by atoms with van der Waals surface area (Å²) in [5, 5.41) is 0. The highest BCUT2D eigenvalue weighted by Gasteiger charge is 2.24. The van der Waals surface area contributed by atoms with Crippen LogP contribution in [0, 0.1) is 5.82 Å². The van der Waals surface area contributed by atoms with Gasteiger partial charge in [-0.1, -0.05) is 0 Å². The zero-order chi connectivity index (χ0) is 19.8. The van der Waals surface area contributed by atoms with E-state index in [1.165, 1.54) is 25.3 Å². The lowest BCUT2D eigenvalue weighted by molar-refractivity contribution is 0.315. The quantitative estimate of drug-likeness (QED) is 0.694. The van der Waals surface area contributed by atoms with Crippen LogP contribution in [0.15, 0.2) is 47.4 Å². The van der Waals surface area contributed by atoms with Crippen molar-refractivity contribution in [2.45, 2.75) is 12.5 Å². The van der Waals surface area contributed by atoms with Crippen LogP contribution in [0.5, 0.6) is 5.75 Å². The van der Waals surface area contributed by atoms with Gasteiger partial charge in [0.2, 0.25) is 0 Å². The summed E-state index contributed by atoms with van der Waals surface area (Å²) in [6.07, 6.45) is 2.93. The largest absolute Gasteiger partial charge is 0.494 e. The Morgan fingerprint density at radius 1 is 1.21 bits per heavy atom. The van der Waals surface area contributed by atoms with Crippen LogP contribution >= 0.6 is 0 Å². The van der Waals surface area contributed by atoms with Crippen molar-refractivity contribution < 1.29 is 9.13 Å². The van der Waals surface area contributed by atoms with Crippen LogP contribution in [-0.2, 0) is 0 Å². The second-order valence-electron chi connectivity index (χ2n) is 7.30. The Bertz CT molecular complexity index is 1080. The van der Waals surface area contributed by atoms with Gasteiger partial charge in [0.25, 0.3) is 5.56 Å². The van der Waals surface area contributed by atoms with Gasteiger partial charge in [-0.05, 0) is 50.8 Å². The van der Waals surface area contributed by atoms with Crippen LogP contribution in [0.4, 0.5) is 10.1 Å². The molecular weight excluding hydrogens is 359 g/mol. The molecule has 0 radical (unpaired) electrons. The van der Waals surface area contributed by atoms with E-state index in [9.17, 15) is 9.18 Å². The first-order valence-corrected chi connectivity index (χ1v) is 9.25. The molecule has 0 aliphatic carbocycles. The van der Waals surface area contributed by atoms with Crippen molar-refractivity contribution in [3.05, 3.63) is 58.8 Å². The molecule has 7 heteroatoms. The van der Waals surface area contributed by atoms with Gasteiger partial charge in [-0.2, -0.15) is 0 Å². The standard InChI is InChI=1S/C21H23FN4O2/c1-24(2)15-8-9-25(12-15)16-5-7-20-23-18(11-21(27)26(20)13-16)14-4-6-19(28-3)17(22)10-14/h4-7,10-11,13,15H,8-9,12H2,1-3H3. The lowest BCUT2D eigenvalue weighted by Crippen LogP contribution is -2.31. The number of nitrogens with zero attached hydrogens (tertiary/aromatic N) is 4. The highest BCUT2D eigenvalue weighted by molar-refractivity contribution is 5.63. The molecule has 0 bridgehead atoms. The van der Waals surface area contributed by atoms with E-state index in [0.29, 0.717) is 22.9 Å². The maximum atomic E-state index is 14.0. The third-order valence-corrected chi connectivity index (χ3v) is 5.35. The number of likely N-dealkylation sites (N-methyl/N-ethyl adjacent to an activating group) is 1. The molecule has 1 unspecified atom stereocenters. The van der Waals surface area contributed by atoms with E-state index in [1.807, 2.05) is 18.3 Å². The van der Waals surface area contributed by atoms with E-state index in [0.717, 1.165) is 25.2 Å². The van der Waals surface area contributed by atoms with Crippen molar-refractivity contribution in [1.29, 1.82) is 0 Å². The number of halogens is 1. The van der Waals surface area contributed by atoms with Gasteiger partial charge < -0.3 is 14.5 Å². The molecule has 1 fully saturated rings. The number of hydrogen-bond acceptors (Lipinski definition) is 5. The fourth-order valence-electron chi connectivity index (χ4n) is 3.65. The molecule has 3 heterocycles. The summed E-state index contributed by atoms with van der Waals surface area (Å²) >= 11 is 0. The summed E-state index contributed by atoms with van der Waals surface area (Å²) in [5.74, 6) is -0.325. The van der Waals surface area contributed by atoms with Gasteiger partial charge in [0.1, 0.15) is 5.65 Å². The molecule has 3 aromatic rings. The monoisotopic (exact) mass is 382 g/mol. The molecule has 1 aromatic carbocycles. The molecule has 28 heavy (non-hydrogen) atoms. The average molecular weight is 382 g/mol. The molecule has 0 N–H and O–H groups in total. The Morgan fingerprint density at radius 2 is 2.04 bits per heavy atom. The van der Waals surface area contributed by atoms with E-state index in [2.05, 4.69) is 28.9 Å². The minimum Gasteiger partial charge on any atom is -0.494 e. The summed E-state index contributed by atoms with van der Waals surface area (Å²) in [5.41, 5.74) is 2.32. The van der Waals surface area contributed by atoms with Crippen LogP contribution in [0.1, 0.15) is 6.42 Å². The van der Waals surface area contributed by atoms with Crippen molar-refractivity contribution in [1.82, 2.24) is 14.3 Å². The summed E-state index contributed by atoms with van der Waals surface area (Å²) < 4.78 is 20.5. The van der Waals surface area contributed by atoms with E-state index in [-0.39, 0.29) is 11.3 Å². The maximum absolute atomic E-state index is 14.0. The zero-order valence-corrected chi connectivity index (χ0v) is 16.2. The molecule has 0 saturated carbocycles. The van der Waals surface area contributed by atoms with Crippen molar-refractivity contribution in [3.63, 3.8) is 0 Å². The lowest BCUT2D eigenvalue weighted by atomic mass is 10.1. The third-order valence-electron chi connectivity index (χ3n) is 5.35. The predicted octanol–water partition coefficient (Wildman–Crippen LogP) is 2.65.